The van der Waals surface area contributed by atoms with E-state index < -0.39 is 5.54 Å². The molecule has 5 nitrogen and oxygen atoms in total. The van der Waals surface area contributed by atoms with Crippen molar-refractivity contribution in [3.63, 3.8) is 0 Å². The third-order valence-electron chi connectivity index (χ3n) is 3.48. The van der Waals surface area contributed by atoms with Crippen LogP contribution in [0.3, 0.4) is 0 Å². The minimum Gasteiger partial charge on any atom is -0.341 e. The SMILES string of the molecule is CC1(C)NC(=O)CN(c2cccc3ccncc23)C1=O. The Labute approximate surface area is 116 Å². The zero-order valence-corrected chi connectivity index (χ0v) is 11.4. The highest BCUT2D eigenvalue weighted by Gasteiger charge is 2.40. The molecule has 0 unspecified atom stereocenters. The van der Waals surface area contributed by atoms with E-state index in [4.69, 9.17) is 0 Å². The highest BCUT2D eigenvalue weighted by atomic mass is 16.2. The lowest BCUT2D eigenvalue weighted by Crippen LogP contribution is -2.64. The maximum Gasteiger partial charge on any atom is 0.252 e. The fourth-order valence-corrected chi connectivity index (χ4v) is 2.52. The second kappa shape index (κ2) is 4.30. The van der Waals surface area contributed by atoms with Gasteiger partial charge in [-0.1, -0.05) is 12.1 Å². The predicted molar refractivity (Wildman–Crippen MR) is 76.3 cm³/mol. The molecule has 0 atom stereocenters. The Balaban J connectivity index is 2.15. The third-order valence-corrected chi connectivity index (χ3v) is 3.48. The summed E-state index contributed by atoms with van der Waals surface area (Å²) in [5, 5.41) is 4.57. The number of piperazine rings is 1. The highest BCUT2D eigenvalue weighted by molar-refractivity contribution is 6.12. The molecule has 1 aromatic carbocycles. The Bertz CT molecular complexity index is 704. The minimum absolute atomic E-state index is 0.0380. The molecule has 1 aliphatic rings. The van der Waals surface area contributed by atoms with Crippen molar-refractivity contribution in [2.24, 2.45) is 0 Å². The van der Waals surface area contributed by atoms with Gasteiger partial charge in [0.25, 0.3) is 5.91 Å². The van der Waals surface area contributed by atoms with Gasteiger partial charge in [-0.25, -0.2) is 0 Å². The first-order chi connectivity index (χ1) is 9.49. The van der Waals surface area contributed by atoms with Gasteiger partial charge in [0.2, 0.25) is 5.91 Å². The fourth-order valence-electron chi connectivity index (χ4n) is 2.52. The number of hydrogen-bond acceptors (Lipinski definition) is 3. The molecule has 0 bridgehead atoms. The first-order valence-electron chi connectivity index (χ1n) is 6.45. The van der Waals surface area contributed by atoms with Gasteiger partial charge in [-0.15, -0.1) is 0 Å². The molecule has 1 N–H and O–H groups in total. The molecule has 102 valence electrons. The van der Waals surface area contributed by atoms with E-state index in [1.807, 2.05) is 24.3 Å². The van der Waals surface area contributed by atoms with E-state index in [0.717, 1.165) is 16.5 Å². The lowest BCUT2D eigenvalue weighted by molar-refractivity contribution is -0.134. The van der Waals surface area contributed by atoms with Gasteiger partial charge in [-0.2, -0.15) is 0 Å². The van der Waals surface area contributed by atoms with E-state index in [1.54, 1.807) is 26.2 Å². The third kappa shape index (κ3) is 1.91. The summed E-state index contributed by atoms with van der Waals surface area (Å²) >= 11 is 0. The average molecular weight is 269 g/mol. The van der Waals surface area contributed by atoms with E-state index >= 15 is 0 Å². The van der Waals surface area contributed by atoms with E-state index in [2.05, 4.69) is 10.3 Å². The molecule has 5 heteroatoms. The summed E-state index contributed by atoms with van der Waals surface area (Å²) in [7, 11) is 0. The molecule has 3 rings (SSSR count). The molecule has 2 heterocycles. The van der Waals surface area contributed by atoms with Gasteiger partial charge in [-0.3, -0.25) is 14.6 Å². The first kappa shape index (κ1) is 12.6. The lowest BCUT2D eigenvalue weighted by Gasteiger charge is -2.37. The Morgan fingerprint density at radius 2 is 2.05 bits per heavy atom. The van der Waals surface area contributed by atoms with Crippen LogP contribution >= 0.6 is 0 Å². The number of rotatable bonds is 1. The number of nitrogens with zero attached hydrogens (tertiary/aromatic N) is 2. The average Bonchev–Trinajstić information content (AvgIpc) is 2.42. The maximum atomic E-state index is 12.5. The lowest BCUT2D eigenvalue weighted by atomic mass is 9.99. The number of hydrogen-bond donors (Lipinski definition) is 1. The topological polar surface area (TPSA) is 62.3 Å². The standard InChI is InChI=1S/C15H15N3O2/c1-15(2)14(20)18(9-13(19)17-15)12-5-3-4-10-6-7-16-8-11(10)12/h3-8H,9H2,1-2H3,(H,17,19). The molecule has 0 spiro atoms. The van der Waals surface area contributed by atoms with Crippen LogP contribution in [0.2, 0.25) is 0 Å². The molecule has 0 aliphatic carbocycles. The number of pyridine rings is 1. The Morgan fingerprint density at radius 1 is 1.25 bits per heavy atom. The number of amides is 2. The number of benzene rings is 1. The summed E-state index contributed by atoms with van der Waals surface area (Å²) in [6.45, 7) is 3.46. The Kier molecular flexibility index (Phi) is 2.71. The van der Waals surface area contributed by atoms with Crippen LogP contribution in [0.25, 0.3) is 10.8 Å². The second-order valence-corrected chi connectivity index (χ2v) is 5.44. The molecule has 1 aliphatic heterocycles. The van der Waals surface area contributed by atoms with Crippen LogP contribution < -0.4 is 10.2 Å². The number of aromatic nitrogens is 1. The van der Waals surface area contributed by atoms with E-state index in [1.165, 1.54) is 4.90 Å². The van der Waals surface area contributed by atoms with E-state index in [0.29, 0.717) is 0 Å². The molecule has 20 heavy (non-hydrogen) atoms. The number of anilines is 1. The van der Waals surface area contributed by atoms with Crippen molar-refractivity contribution in [2.45, 2.75) is 19.4 Å². The highest BCUT2D eigenvalue weighted by Crippen LogP contribution is 2.29. The van der Waals surface area contributed by atoms with Gasteiger partial charge >= 0.3 is 0 Å². The second-order valence-electron chi connectivity index (χ2n) is 5.44. The Hall–Kier alpha value is -2.43. The summed E-state index contributed by atoms with van der Waals surface area (Å²) < 4.78 is 0. The van der Waals surface area contributed by atoms with Crippen LogP contribution in [-0.2, 0) is 9.59 Å². The molecular formula is C15H15N3O2. The van der Waals surface area contributed by atoms with Crippen molar-refractivity contribution < 1.29 is 9.59 Å². The van der Waals surface area contributed by atoms with Crippen LogP contribution in [0.1, 0.15) is 13.8 Å². The van der Waals surface area contributed by atoms with Gasteiger partial charge < -0.3 is 10.2 Å². The molecule has 1 aromatic heterocycles. The van der Waals surface area contributed by atoms with Crippen LogP contribution in [0.15, 0.2) is 36.7 Å². The van der Waals surface area contributed by atoms with Crippen LogP contribution in [0, 0.1) is 0 Å². The fraction of sp³-hybridized carbons (Fsp3) is 0.267. The Morgan fingerprint density at radius 3 is 2.85 bits per heavy atom. The minimum atomic E-state index is -0.889. The molecule has 0 saturated carbocycles. The predicted octanol–water partition coefficient (Wildman–Crippen LogP) is 1.48. The summed E-state index contributed by atoms with van der Waals surface area (Å²) in [5.74, 6) is -0.274. The van der Waals surface area contributed by atoms with E-state index in [-0.39, 0.29) is 18.4 Å². The zero-order valence-electron chi connectivity index (χ0n) is 11.4. The first-order valence-corrected chi connectivity index (χ1v) is 6.45. The normalized spacial score (nSPS) is 18.2. The van der Waals surface area contributed by atoms with Gasteiger partial charge in [0.1, 0.15) is 12.1 Å². The molecule has 2 aromatic rings. The molecular weight excluding hydrogens is 254 g/mol. The number of carbonyl (C=O) groups excluding carboxylic acids is 2. The number of carbonyl (C=O) groups is 2. The van der Waals surface area contributed by atoms with Crippen molar-refractivity contribution in [1.82, 2.24) is 10.3 Å². The van der Waals surface area contributed by atoms with E-state index in [9.17, 15) is 9.59 Å². The van der Waals surface area contributed by atoms with Crippen LogP contribution in [0.5, 0.6) is 0 Å². The summed E-state index contributed by atoms with van der Waals surface area (Å²) in [6, 6.07) is 7.57. The van der Waals surface area contributed by atoms with Gasteiger partial charge in [0.15, 0.2) is 0 Å². The summed E-state index contributed by atoms with van der Waals surface area (Å²) in [6.07, 6.45) is 3.43. The van der Waals surface area contributed by atoms with Crippen molar-refractivity contribution in [2.75, 3.05) is 11.4 Å². The van der Waals surface area contributed by atoms with Crippen molar-refractivity contribution >= 4 is 28.3 Å². The monoisotopic (exact) mass is 269 g/mol. The smallest absolute Gasteiger partial charge is 0.252 e. The largest absolute Gasteiger partial charge is 0.341 e. The number of fused-ring (bicyclic) bond motifs is 1. The quantitative estimate of drug-likeness (QED) is 0.853. The van der Waals surface area contributed by atoms with Crippen molar-refractivity contribution in [1.29, 1.82) is 0 Å². The summed E-state index contributed by atoms with van der Waals surface area (Å²) in [4.78, 5) is 30.0. The summed E-state index contributed by atoms with van der Waals surface area (Å²) in [5.41, 5.74) is -0.164. The molecule has 0 radical (unpaired) electrons. The van der Waals surface area contributed by atoms with Crippen LogP contribution in [-0.4, -0.2) is 28.9 Å². The number of nitrogens with one attached hydrogen (secondary N) is 1. The van der Waals surface area contributed by atoms with Crippen LogP contribution in [0.4, 0.5) is 5.69 Å². The zero-order chi connectivity index (χ0) is 14.3. The van der Waals surface area contributed by atoms with Crippen molar-refractivity contribution in [3.8, 4) is 0 Å². The van der Waals surface area contributed by atoms with Gasteiger partial charge in [0, 0.05) is 17.8 Å². The maximum absolute atomic E-state index is 12.5. The molecule has 1 fully saturated rings. The van der Waals surface area contributed by atoms with Crippen molar-refractivity contribution in [3.05, 3.63) is 36.7 Å². The molecule has 1 saturated heterocycles. The molecule has 2 amide bonds. The van der Waals surface area contributed by atoms with Gasteiger partial charge in [0.05, 0.1) is 5.69 Å². The van der Waals surface area contributed by atoms with Gasteiger partial charge in [-0.05, 0) is 31.4 Å².